The maximum atomic E-state index is 13.0. The summed E-state index contributed by atoms with van der Waals surface area (Å²) in [5, 5.41) is 0.596. The molecule has 2 unspecified atom stereocenters. The molecule has 13 heavy (non-hydrogen) atoms. The molecule has 2 fully saturated rings. The number of likely N-dealkylation sites (tertiary alicyclic amines) is 1. The first-order valence-electron chi connectivity index (χ1n) is 4.54. The molecular formula is C8H14F2N2S. The second-order valence-corrected chi connectivity index (χ2v) is 5.17. The van der Waals surface area contributed by atoms with Crippen LogP contribution in [0.4, 0.5) is 8.78 Å². The van der Waals surface area contributed by atoms with Crippen LogP contribution in [0, 0.1) is 0 Å². The lowest BCUT2D eigenvalue weighted by Crippen LogP contribution is -2.45. The van der Waals surface area contributed by atoms with Gasteiger partial charge in [-0.2, -0.15) is 11.8 Å². The zero-order chi connectivity index (χ0) is 9.47. The van der Waals surface area contributed by atoms with Gasteiger partial charge in [0.15, 0.2) is 0 Å². The van der Waals surface area contributed by atoms with Crippen LogP contribution in [0.5, 0.6) is 0 Å². The van der Waals surface area contributed by atoms with E-state index < -0.39 is 12.5 Å². The number of alkyl halides is 2. The highest BCUT2D eigenvalue weighted by molar-refractivity contribution is 8.00. The minimum Gasteiger partial charge on any atom is -0.325 e. The quantitative estimate of drug-likeness (QED) is 0.743. The van der Waals surface area contributed by atoms with Gasteiger partial charge in [0.05, 0.1) is 13.1 Å². The molecule has 2 aliphatic heterocycles. The Kier molecular flexibility index (Phi) is 2.51. The first-order valence-corrected chi connectivity index (χ1v) is 5.59. The van der Waals surface area contributed by atoms with Crippen LogP contribution in [0.15, 0.2) is 0 Å². The molecule has 2 aliphatic rings. The summed E-state index contributed by atoms with van der Waals surface area (Å²) in [5.41, 5.74) is 5.00. The lowest BCUT2D eigenvalue weighted by molar-refractivity contribution is -0.0250. The van der Waals surface area contributed by atoms with Crippen LogP contribution in [0.1, 0.15) is 6.42 Å². The molecule has 0 aromatic carbocycles. The molecular weight excluding hydrogens is 194 g/mol. The Hall–Kier alpha value is 0.130. The summed E-state index contributed by atoms with van der Waals surface area (Å²) < 4.78 is 25.9. The number of nitrogens with two attached hydrogens (primary N) is 1. The standard InChI is InChI=1S/C8H14F2N2S/c9-8(10,4-11)5-12-2-7-1-6(12)3-13-7/h6-7H,1-5,11H2. The number of hydrogen-bond donors (Lipinski definition) is 1. The number of nitrogens with zero attached hydrogens (tertiary/aromatic N) is 1. The van der Waals surface area contributed by atoms with Crippen LogP contribution in [0.3, 0.4) is 0 Å². The fourth-order valence-electron chi connectivity index (χ4n) is 2.03. The topological polar surface area (TPSA) is 29.3 Å². The monoisotopic (exact) mass is 208 g/mol. The zero-order valence-corrected chi connectivity index (χ0v) is 8.20. The average Bonchev–Trinajstić information content (AvgIpc) is 2.64. The number of rotatable bonds is 3. The third kappa shape index (κ3) is 1.97. The van der Waals surface area contributed by atoms with E-state index in [0.717, 1.165) is 18.7 Å². The Morgan fingerprint density at radius 3 is 2.77 bits per heavy atom. The highest BCUT2D eigenvalue weighted by atomic mass is 32.2. The Balaban J connectivity index is 1.89. The fraction of sp³-hybridized carbons (Fsp3) is 1.00. The van der Waals surface area contributed by atoms with E-state index in [9.17, 15) is 8.78 Å². The van der Waals surface area contributed by atoms with E-state index in [4.69, 9.17) is 5.73 Å². The van der Waals surface area contributed by atoms with E-state index in [1.54, 1.807) is 0 Å². The number of thioether (sulfide) groups is 1. The summed E-state index contributed by atoms with van der Waals surface area (Å²) in [5.74, 6) is -1.68. The molecule has 2 nitrogen and oxygen atoms in total. The van der Waals surface area contributed by atoms with Crippen molar-refractivity contribution in [2.75, 3.05) is 25.4 Å². The summed E-state index contributed by atoms with van der Waals surface area (Å²) in [6.07, 6.45) is 1.09. The van der Waals surface area contributed by atoms with Crippen molar-refractivity contribution in [3.05, 3.63) is 0 Å². The van der Waals surface area contributed by atoms with E-state index in [0.29, 0.717) is 11.3 Å². The number of hydrogen-bond acceptors (Lipinski definition) is 3. The minimum absolute atomic E-state index is 0.148. The van der Waals surface area contributed by atoms with Gasteiger partial charge in [0.1, 0.15) is 0 Å². The molecule has 2 bridgehead atoms. The van der Waals surface area contributed by atoms with Gasteiger partial charge >= 0.3 is 0 Å². The van der Waals surface area contributed by atoms with E-state index in [1.165, 1.54) is 0 Å². The van der Waals surface area contributed by atoms with Gasteiger partial charge in [0.25, 0.3) is 5.92 Å². The van der Waals surface area contributed by atoms with Gasteiger partial charge in [0.2, 0.25) is 0 Å². The molecule has 0 amide bonds. The summed E-state index contributed by atoms with van der Waals surface area (Å²) in [7, 11) is 0. The third-order valence-electron chi connectivity index (χ3n) is 2.75. The van der Waals surface area contributed by atoms with Crippen LogP contribution >= 0.6 is 11.8 Å². The second kappa shape index (κ2) is 3.37. The van der Waals surface area contributed by atoms with Gasteiger partial charge in [-0.3, -0.25) is 4.90 Å². The molecule has 0 spiro atoms. The minimum atomic E-state index is -2.70. The van der Waals surface area contributed by atoms with Crippen LogP contribution in [0.2, 0.25) is 0 Å². The Labute approximate surface area is 80.8 Å². The van der Waals surface area contributed by atoms with Gasteiger partial charge in [-0.1, -0.05) is 0 Å². The summed E-state index contributed by atoms with van der Waals surface area (Å²) >= 11 is 1.91. The number of fused-ring (bicyclic) bond motifs is 2. The third-order valence-corrected chi connectivity index (χ3v) is 4.14. The Bertz CT molecular complexity index is 201. The molecule has 2 atom stereocenters. The molecule has 5 heteroatoms. The SMILES string of the molecule is NCC(F)(F)CN1CC2CC1CS2. The normalized spacial score (nSPS) is 34.4. The van der Waals surface area contributed by atoms with Gasteiger partial charge in [-0.05, 0) is 6.42 Å². The van der Waals surface area contributed by atoms with Crippen molar-refractivity contribution in [1.82, 2.24) is 4.90 Å². The molecule has 0 aromatic heterocycles. The molecule has 0 aromatic rings. The van der Waals surface area contributed by atoms with Gasteiger partial charge in [-0.15, -0.1) is 0 Å². The van der Waals surface area contributed by atoms with Crippen molar-refractivity contribution in [1.29, 1.82) is 0 Å². The Morgan fingerprint density at radius 2 is 2.31 bits per heavy atom. The van der Waals surface area contributed by atoms with Crippen molar-refractivity contribution in [2.45, 2.75) is 23.6 Å². The lowest BCUT2D eigenvalue weighted by Gasteiger charge is -2.29. The van der Waals surface area contributed by atoms with Crippen molar-refractivity contribution in [2.24, 2.45) is 5.73 Å². The molecule has 2 saturated heterocycles. The molecule has 0 aliphatic carbocycles. The molecule has 76 valence electrons. The van der Waals surface area contributed by atoms with Gasteiger partial charge < -0.3 is 5.73 Å². The smallest absolute Gasteiger partial charge is 0.272 e. The molecule has 2 N–H and O–H groups in total. The number of halogens is 2. The zero-order valence-electron chi connectivity index (χ0n) is 7.38. The second-order valence-electron chi connectivity index (χ2n) is 3.83. The average molecular weight is 208 g/mol. The summed E-state index contributed by atoms with van der Waals surface area (Å²) in [6.45, 7) is 0.143. The van der Waals surface area contributed by atoms with E-state index >= 15 is 0 Å². The molecule has 2 heterocycles. The highest BCUT2D eigenvalue weighted by Gasteiger charge is 2.42. The first-order chi connectivity index (χ1) is 6.11. The van der Waals surface area contributed by atoms with Crippen molar-refractivity contribution < 1.29 is 8.78 Å². The largest absolute Gasteiger partial charge is 0.325 e. The van der Waals surface area contributed by atoms with Crippen LogP contribution < -0.4 is 5.73 Å². The van der Waals surface area contributed by atoms with E-state index in [1.807, 2.05) is 16.7 Å². The van der Waals surface area contributed by atoms with Crippen LogP contribution in [-0.2, 0) is 0 Å². The van der Waals surface area contributed by atoms with E-state index in [2.05, 4.69) is 0 Å². The van der Waals surface area contributed by atoms with Crippen LogP contribution in [-0.4, -0.2) is 47.5 Å². The van der Waals surface area contributed by atoms with E-state index in [-0.39, 0.29) is 6.54 Å². The summed E-state index contributed by atoms with van der Waals surface area (Å²) in [6, 6.07) is 0.382. The maximum Gasteiger partial charge on any atom is 0.272 e. The molecule has 0 saturated carbocycles. The van der Waals surface area contributed by atoms with Crippen molar-refractivity contribution >= 4 is 11.8 Å². The summed E-state index contributed by atoms with van der Waals surface area (Å²) in [4.78, 5) is 1.90. The van der Waals surface area contributed by atoms with Crippen LogP contribution in [0.25, 0.3) is 0 Å². The van der Waals surface area contributed by atoms with Gasteiger partial charge in [0, 0.05) is 23.6 Å². The Morgan fingerprint density at radius 1 is 1.54 bits per heavy atom. The lowest BCUT2D eigenvalue weighted by atomic mass is 10.2. The predicted octanol–water partition coefficient (Wildman–Crippen LogP) is 0.770. The van der Waals surface area contributed by atoms with Crippen molar-refractivity contribution in [3.8, 4) is 0 Å². The first kappa shape index (κ1) is 9.68. The maximum absolute atomic E-state index is 13.0. The fourth-order valence-corrected chi connectivity index (χ4v) is 3.53. The predicted molar refractivity (Wildman–Crippen MR) is 50.2 cm³/mol. The molecule has 2 rings (SSSR count). The highest BCUT2D eigenvalue weighted by Crippen LogP contribution is 2.38. The van der Waals surface area contributed by atoms with Gasteiger partial charge in [-0.25, -0.2) is 8.78 Å². The molecule has 0 radical (unpaired) electrons. The van der Waals surface area contributed by atoms with Crippen molar-refractivity contribution in [3.63, 3.8) is 0 Å².